The van der Waals surface area contributed by atoms with Crippen molar-refractivity contribution in [2.24, 2.45) is 0 Å². The van der Waals surface area contributed by atoms with Gasteiger partial charge in [-0.15, -0.1) is 0 Å². The summed E-state index contributed by atoms with van der Waals surface area (Å²) < 4.78 is 10.5. The van der Waals surface area contributed by atoms with Crippen LogP contribution in [0.1, 0.15) is 136 Å². The van der Waals surface area contributed by atoms with Crippen LogP contribution in [0.25, 0.3) is 0 Å². The van der Waals surface area contributed by atoms with Crippen molar-refractivity contribution in [2.45, 2.75) is 136 Å². The second-order valence-electron chi connectivity index (χ2n) is 8.24. The SMILES string of the molecule is CCCCCCCCCOC(=O)CCCCCC(=O)OCCCCCCCCC. The maximum absolute atomic E-state index is 11.7. The summed E-state index contributed by atoms with van der Waals surface area (Å²) in [6.07, 6.45) is 20.6. The van der Waals surface area contributed by atoms with Gasteiger partial charge in [-0.3, -0.25) is 9.59 Å². The summed E-state index contributed by atoms with van der Waals surface area (Å²) in [4.78, 5) is 23.4. The Morgan fingerprint density at radius 3 is 1.14 bits per heavy atom. The molecule has 0 amide bonds. The number of unbranched alkanes of at least 4 members (excludes halogenated alkanes) is 14. The van der Waals surface area contributed by atoms with Crippen molar-refractivity contribution < 1.29 is 19.1 Å². The van der Waals surface area contributed by atoms with E-state index in [9.17, 15) is 9.59 Å². The zero-order chi connectivity index (χ0) is 21.4. The highest BCUT2D eigenvalue weighted by molar-refractivity contribution is 5.69. The molecule has 0 rings (SSSR count). The van der Waals surface area contributed by atoms with Gasteiger partial charge in [0.05, 0.1) is 13.2 Å². The minimum absolute atomic E-state index is 0.0995. The lowest BCUT2D eigenvalue weighted by Crippen LogP contribution is -2.07. The normalized spacial score (nSPS) is 10.8. The Labute approximate surface area is 180 Å². The molecule has 0 unspecified atom stereocenters. The molecule has 0 aromatic heterocycles. The van der Waals surface area contributed by atoms with E-state index >= 15 is 0 Å². The van der Waals surface area contributed by atoms with Crippen LogP contribution in [0.3, 0.4) is 0 Å². The largest absolute Gasteiger partial charge is 0.466 e. The third kappa shape index (κ3) is 23.1. The Kier molecular flexibility index (Phi) is 22.4. The minimum Gasteiger partial charge on any atom is -0.466 e. The molecular formula is C25H48O4. The van der Waals surface area contributed by atoms with Gasteiger partial charge < -0.3 is 9.47 Å². The summed E-state index contributed by atoms with van der Waals surface area (Å²) in [5.41, 5.74) is 0. The van der Waals surface area contributed by atoms with Crippen LogP contribution in [0.4, 0.5) is 0 Å². The summed E-state index contributed by atoms with van der Waals surface area (Å²) in [6.45, 7) is 5.56. The van der Waals surface area contributed by atoms with E-state index in [1.165, 1.54) is 64.2 Å². The lowest BCUT2D eigenvalue weighted by Gasteiger charge is -2.06. The molecule has 0 aliphatic carbocycles. The smallest absolute Gasteiger partial charge is 0.305 e. The van der Waals surface area contributed by atoms with Crippen LogP contribution in [0.2, 0.25) is 0 Å². The quantitative estimate of drug-likeness (QED) is 0.136. The van der Waals surface area contributed by atoms with E-state index in [4.69, 9.17) is 9.47 Å². The van der Waals surface area contributed by atoms with Crippen molar-refractivity contribution >= 4 is 11.9 Å². The highest BCUT2D eigenvalue weighted by atomic mass is 16.5. The average Bonchev–Trinajstić information content (AvgIpc) is 2.71. The molecule has 0 aromatic rings. The van der Waals surface area contributed by atoms with Gasteiger partial charge in [0.15, 0.2) is 0 Å². The van der Waals surface area contributed by atoms with Crippen molar-refractivity contribution in [2.75, 3.05) is 13.2 Å². The van der Waals surface area contributed by atoms with Gasteiger partial charge in [0.2, 0.25) is 0 Å². The number of rotatable bonds is 22. The van der Waals surface area contributed by atoms with Crippen molar-refractivity contribution in [3.63, 3.8) is 0 Å². The molecule has 0 aliphatic heterocycles. The molecule has 0 aliphatic rings. The highest BCUT2D eigenvalue weighted by Gasteiger charge is 2.05. The van der Waals surface area contributed by atoms with Gasteiger partial charge in [-0.1, -0.05) is 97.3 Å². The van der Waals surface area contributed by atoms with Gasteiger partial charge in [-0.2, -0.15) is 0 Å². The maximum atomic E-state index is 11.7. The molecule has 0 saturated heterocycles. The Bertz CT molecular complexity index is 334. The van der Waals surface area contributed by atoms with Crippen molar-refractivity contribution in [1.29, 1.82) is 0 Å². The molecule has 172 valence electrons. The van der Waals surface area contributed by atoms with Gasteiger partial charge in [0.25, 0.3) is 0 Å². The summed E-state index contributed by atoms with van der Waals surface area (Å²) in [5.74, 6) is -0.199. The molecule has 0 atom stereocenters. The van der Waals surface area contributed by atoms with Crippen molar-refractivity contribution in [3.8, 4) is 0 Å². The molecule has 0 radical (unpaired) electrons. The predicted molar refractivity (Wildman–Crippen MR) is 121 cm³/mol. The average molecular weight is 413 g/mol. The highest BCUT2D eigenvalue weighted by Crippen LogP contribution is 2.09. The summed E-state index contributed by atoms with van der Waals surface area (Å²) >= 11 is 0. The first-order valence-corrected chi connectivity index (χ1v) is 12.5. The van der Waals surface area contributed by atoms with Crippen LogP contribution in [-0.2, 0) is 19.1 Å². The summed E-state index contributed by atoms with van der Waals surface area (Å²) in [6, 6.07) is 0. The Balaban J connectivity index is 3.29. The number of hydrogen-bond donors (Lipinski definition) is 0. The van der Waals surface area contributed by atoms with Gasteiger partial charge in [0, 0.05) is 12.8 Å². The fourth-order valence-corrected chi connectivity index (χ4v) is 3.35. The minimum atomic E-state index is -0.0995. The van der Waals surface area contributed by atoms with Gasteiger partial charge in [0.1, 0.15) is 0 Å². The lowest BCUT2D eigenvalue weighted by atomic mass is 10.1. The molecule has 0 fully saturated rings. The maximum Gasteiger partial charge on any atom is 0.305 e. The topological polar surface area (TPSA) is 52.6 Å². The van der Waals surface area contributed by atoms with E-state index in [1.807, 2.05) is 0 Å². The van der Waals surface area contributed by atoms with Crippen molar-refractivity contribution in [1.82, 2.24) is 0 Å². The monoisotopic (exact) mass is 412 g/mol. The summed E-state index contributed by atoms with van der Waals surface area (Å²) in [5, 5.41) is 0. The number of esters is 2. The van der Waals surface area contributed by atoms with Crippen LogP contribution in [0, 0.1) is 0 Å². The lowest BCUT2D eigenvalue weighted by molar-refractivity contribution is -0.144. The second kappa shape index (κ2) is 23.2. The second-order valence-corrected chi connectivity index (χ2v) is 8.24. The fourth-order valence-electron chi connectivity index (χ4n) is 3.35. The Morgan fingerprint density at radius 1 is 0.448 bits per heavy atom. The van der Waals surface area contributed by atoms with Crippen LogP contribution >= 0.6 is 0 Å². The molecule has 0 bridgehead atoms. The molecule has 4 heteroatoms. The first-order valence-electron chi connectivity index (χ1n) is 12.5. The number of ether oxygens (including phenoxy) is 2. The molecule has 0 heterocycles. The first-order chi connectivity index (χ1) is 14.2. The van der Waals surface area contributed by atoms with Crippen LogP contribution < -0.4 is 0 Å². The molecular weight excluding hydrogens is 364 g/mol. The zero-order valence-electron chi connectivity index (χ0n) is 19.5. The molecule has 0 saturated carbocycles. The zero-order valence-corrected chi connectivity index (χ0v) is 19.5. The third-order valence-electron chi connectivity index (χ3n) is 5.28. The number of carbonyl (C=O) groups excluding carboxylic acids is 2. The molecule has 29 heavy (non-hydrogen) atoms. The van der Waals surface area contributed by atoms with E-state index in [-0.39, 0.29) is 11.9 Å². The van der Waals surface area contributed by atoms with E-state index in [1.54, 1.807) is 0 Å². The molecule has 0 N–H and O–H groups in total. The van der Waals surface area contributed by atoms with E-state index in [0.29, 0.717) is 26.1 Å². The fraction of sp³-hybridized carbons (Fsp3) is 0.920. The molecule has 0 spiro atoms. The van der Waals surface area contributed by atoms with Crippen LogP contribution in [0.15, 0.2) is 0 Å². The Morgan fingerprint density at radius 2 is 0.759 bits per heavy atom. The Hall–Kier alpha value is -1.06. The molecule has 0 aromatic carbocycles. The van der Waals surface area contributed by atoms with Gasteiger partial charge in [-0.25, -0.2) is 0 Å². The van der Waals surface area contributed by atoms with Crippen LogP contribution in [-0.4, -0.2) is 25.2 Å². The molecule has 4 nitrogen and oxygen atoms in total. The number of hydrogen-bond acceptors (Lipinski definition) is 4. The van der Waals surface area contributed by atoms with Gasteiger partial charge in [-0.05, 0) is 25.7 Å². The summed E-state index contributed by atoms with van der Waals surface area (Å²) in [7, 11) is 0. The van der Waals surface area contributed by atoms with Crippen molar-refractivity contribution in [3.05, 3.63) is 0 Å². The third-order valence-corrected chi connectivity index (χ3v) is 5.28. The first kappa shape index (κ1) is 27.9. The van der Waals surface area contributed by atoms with E-state index in [0.717, 1.165) is 44.9 Å². The van der Waals surface area contributed by atoms with E-state index in [2.05, 4.69) is 13.8 Å². The van der Waals surface area contributed by atoms with E-state index < -0.39 is 0 Å². The number of carbonyl (C=O) groups is 2. The predicted octanol–water partition coefficient (Wildman–Crippen LogP) is 7.52. The van der Waals surface area contributed by atoms with Gasteiger partial charge >= 0.3 is 11.9 Å². The van der Waals surface area contributed by atoms with Crippen LogP contribution in [0.5, 0.6) is 0 Å². The standard InChI is InChI=1S/C25H48O4/c1-3-5-7-9-11-13-18-22-28-24(26)20-16-15-17-21-25(27)29-23-19-14-12-10-8-6-4-2/h3-23H2,1-2H3.